The average molecular weight is 279 g/mol. The molecular weight excluding hydrogens is 268 g/mol. The Kier molecular flexibility index (Phi) is 3.19. The van der Waals surface area contributed by atoms with Crippen LogP contribution in [0.4, 0.5) is 0 Å². The number of hydrogen-bond donors (Lipinski definition) is 0. The van der Waals surface area contributed by atoms with Gasteiger partial charge in [0.15, 0.2) is 5.75 Å². The van der Waals surface area contributed by atoms with E-state index >= 15 is 0 Å². The minimum Gasteiger partial charge on any atom is -0.436 e. The van der Waals surface area contributed by atoms with Crippen molar-refractivity contribution in [1.82, 2.24) is 9.97 Å². The Hall–Kier alpha value is -1.42. The number of nitrogens with zero attached hydrogens (tertiary/aromatic N) is 2. The lowest BCUT2D eigenvalue weighted by molar-refractivity contribution is 0.453. The van der Waals surface area contributed by atoms with Crippen molar-refractivity contribution in [2.75, 3.05) is 0 Å². The molecule has 0 unspecified atom stereocenters. The van der Waals surface area contributed by atoms with E-state index < -0.39 is 0 Å². The van der Waals surface area contributed by atoms with Crippen molar-refractivity contribution in [2.24, 2.45) is 0 Å². The van der Waals surface area contributed by atoms with E-state index in [0.29, 0.717) is 5.88 Å². The highest BCUT2D eigenvalue weighted by molar-refractivity contribution is 9.10. The first-order chi connectivity index (χ1) is 7.68. The monoisotopic (exact) mass is 278 g/mol. The summed E-state index contributed by atoms with van der Waals surface area (Å²) in [7, 11) is 0. The number of pyridine rings is 2. The smallest absolute Gasteiger partial charge is 0.233 e. The van der Waals surface area contributed by atoms with Crippen molar-refractivity contribution >= 4 is 15.9 Å². The summed E-state index contributed by atoms with van der Waals surface area (Å²) in [6.45, 7) is 3.90. The average Bonchev–Trinajstić information content (AvgIpc) is 2.28. The second-order valence-corrected chi connectivity index (χ2v) is 4.23. The molecule has 0 spiro atoms. The van der Waals surface area contributed by atoms with Gasteiger partial charge in [-0.05, 0) is 53.5 Å². The topological polar surface area (TPSA) is 35.0 Å². The summed E-state index contributed by atoms with van der Waals surface area (Å²) in [5.74, 6) is 1.29. The molecule has 16 heavy (non-hydrogen) atoms. The van der Waals surface area contributed by atoms with E-state index in [1.165, 1.54) is 0 Å². The zero-order valence-electron chi connectivity index (χ0n) is 9.07. The van der Waals surface area contributed by atoms with E-state index in [1.54, 1.807) is 12.4 Å². The number of hydrogen-bond acceptors (Lipinski definition) is 3. The quantitative estimate of drug-likeness (QED) is 0.841. The first-order valence-corrected chi connectivity index (χ1v) is 5.68. The van der Waals surface area contributed by atoms with Gasteiger partial charge in [0.25, 0.3) is 0 Å². The Bertz CT molecular complexity index is 514. The number of halogens is 1. The van der Waals surface area contributed by atoms with Gasteiger partial charge in [-0.1, -0.05) is 0 Å². The summed E-state index contributed by atoms with van der Waals surface area (Å²) in [5.41, 5.74) is 1.93. The Balaban J connectivity index is 2.35. The molecule has 2 heterocycles. The standard InChI is InChI=1S/C12H11BrN2O/c1-8-5-7-15-12(11(8)13)16-10-4-3-6-14-9(10)2/h3-7H,1-2H3. The molecule has 0 aliphatic rings. The first-order valence-electron chi connectivity index (χ1n) is 4.89. The Morgan fingerprint density at radius 1 is 1.12 bits per heavy atom. The maximum Gasteiger partial charge on any atom is 0.233 e. The number of aromatic nitrogens is 2. The van der Waals surface area contributed by atoms with Gasteiger partial charge in [0.05, 0.1) is 10.2 Å². The van der Waals surface area contributed by atoms with E-state index in [4.69, 9.17) is 4.74 Å². The highest BCUT2D eigenvalue weighted by Crippen LogP contribution is 2.30. The summed E-state index contributed by atoms with van der Waals surface area (Å²) in [4.78, 5) is 8.34. The zero-order chi connectivity index (χ0) is 11.5. The predicted octanol–water partition coefficient (Wildman–Crippen LogP) is 3.65. The third-order valence-corrected chi connectivity index (χ3v) is 3.18. The van der Waals surface area contributed by atoms with Crippen LogP contribution in [0.3, 0.4) is 0 Å². The highest BCUT2D eigenvalue weighted by atomic mass is 79.9. The molecule has 0 bridgehead atoms. The fourth-order valence-corrected chi connectivity index (χ4v) is 1.58. The maximum atomic E-state index is 5.70. The van der Waals surface area contributed by atoms with Crippen LogP contribution in [0.15, 0.2) is 35.1 Å². The molecule has 0 N–H and O–H groups in total. The van der Waals surface area contributed by atoms with Gasteiger partial charge in [-0.15, -0.1) is 0 Å². The van der Waals surface area contributed by atoms with E-state index in [9.17, 15) is 0 Å². The maximum absolute atomic E-state index is 5.70. The van der Waals surface area contributed by atoms with Crippen LogP contribution in [0.2, 0.25) is 0 Å². The first kappa shape index (κ1) is 11.1. The molecule has 82 valence electrons. The fraction of sp³-hybridized carbons (Fsp3) is 0.167. The molecule has 4 heteroatoms. The van der Waals surface area contributed by atoms with Gasteiger partial charge in [0, 0.05) is 12.4 Å². The Morgan fingerprint density at radius 3 is 2.69 bits per heavy atom. The van der Waals surface area contributed by atoms with Gasteiger partial charge in [0.1, 0.15) is 0 Å². The third-order valence-electron chi connectivity index (χ3n) is 2.22. The molecule has 2 aromatic heterocycles. The molecule has 0 aromatic carbocycles. The summed E-state index contributed by atoms with van der Waals surface area (Å²) >= 11 is 3.45. The summed E-state index contributed by atoms with van der Waals surface area (Å²) in [5, 5.41) is 0. The normalized spacial score (nSPS) is 10.2. The summed E-state index contributed by atoms with van der Waals surface area (Å²) in [6.07, 6.45) is 3.46. The molecule has 0 saturated carbocycles. The van der Waals surface area contributed by atoms with Crippen LogP contribution < -0.4 is 4.74 Å². The number of rotatable bonds is 2. The molecule has 0 radical (unpaired) electrons. The molecule has 0 saturated heterocycles. The van der Waals surface area contributed by atoms with Crippen molar-refractivity contribution in [2.45, 2.75) is 13.8 Å². The van der Waals surface area contributed by atoms with E-state index in [1.807, 2.05) is 32.0 Å². The Labute approximate surface area is 103 Å². The molecular formula is C12H11BrN2O. The SMILES string of the molecule is Cc1ccnc(Oc2cccnc2C)c1Br. The number of aryl methyl sites for hydroxylation is 2. The lowest BCUT2D eigenvalue weighted by Crippen LogP contribution is -1.93. The van der Waals surface area contributed by atoms with Gasteiger partial charge in [0.2, 0.25) is 5.88 Å². The molecule has 3 nitrogen and oxygen atoms in total. The number of ether oxygens (including phenoxy) is 1. The van der Waals surface area contributed by atoms with E-state index in [2.05, 4.69) is 25.9 Å². The molecule has 0 amide bonds. The highest BCUT2D eigenvalue weighted by Gasteiger charge is 2.08. The largest absolute Gasteiger partial charge is 0.436 e. The molecule has 0 fully saturated rings. The Morgan fingerprint density at radius 2 is 1.94 bits per heavy atom. The minimum absolute atomic E-state index is 0.566. The van der Waals surface area contributed by atoms with E-state index in [-0.39, 0.29) is 0 Å². The second-order valence-electron chi connectivity index (χ2n) is 3.44. The summed E-state index contributed by atoms with van der Waals surface area (Å²) < 4.78 is 6.57. The lowest BCUT2D eigenvalue weighted by atomic mass is 10.3. The van der Waals surface area contributed by atoms with Crippen LogP contribution >= 0.6 is 15.9 Å². The molecule has 2 rings (SSSR count). The molecule has 0 atom stereocenters. The van der Waals surface area contributed by atoms with Crippen molar-refractivity contribution < 1.29 is 4.74 Å². The van der Waals surface area contributed by atoms with Crippen molar-refractivity contribution in [3.8, 4) is 11.6 Å². The third kappa shape index (κ3) is 2.22. The van der Waals surface area contributed by atoms with Gasteiger partial charge < -0.3 is 4.74 Å². The molecule has 0 aliphatic heterocycles. The van der Waals surface area contributed by atoms with Crippen LogP contribution in [0.25, 0.3) is 0 Å². The van der Waals surface area contributed by atoms with Crippen LogP contribution in [-0.2, 0) is 0 Å². The fourth-order valence-electron chi connectivity index (χ4n) is 1.27. The van der Waals surface area contributed by atoms with Crippen LogP contribution in [-0.4, -0.2) is 9.97 Å². The lowest BCUT2D eigenvalue weighted by Gasteiger charge is -2.09. The van der Waals surface area contributed by atoms with Crippen LogP contribution in [0.5, 0.6) is 11.6 Å². The van der Waals surface area contributed by atoms with Crippen molar-refractivity contribution in [3.63, 3.8) is 0 Å². The zero-order valence-corrected chi connectivity index (χ0v) is 10.7. The molecule has 2 aromatic rings. The van der Waals surface area contributed by atoms with Gasteiger partial charge in [-0.3, -0.25) is 4.98 Å². The van der Waals surface area contributed by atoms with Crippen LogP contribution in [0.1, 0.15) is 11.3 Å². The predicted molar refractivity (Wildman–Crippen MR) is 65.7 cm³/mol. The van der Waals surface area contributed by atoms with Crippen molar-refractivity contribution in [1.29, 1.82) is 0 Å². The summed E-state index contributed by atoms with van der Waals surface area (Å²) in [6, 6.07) is 5.64. The van der Waals surface area contributed by atoms with E-state index in [0.717, 1.165) is 21.5 Å². The second kappa shape index (κ2) is 4.61. The molecule has 0 aliphatic carbocycles. The van der Waals surface area contributed by atoms with Gasteiger partial charge in [-0.2, -0.15) is 0 Å². The van der Waals surface area contributed by atoms with Gasteiger partial charge >= 0.3 is 0 Å². The van der Waals surface area contributed by atoms with Crippen LogP contribution in [0, 0.1) is 13.8 Å². The van der Waals surface area contributed by atoms with Crippen molar-refractivity contribution in [3.05, 3.63) is 46.3 Å². The minimum atomic E-state index is 0.566. The van der Waals surface area contributed by atoms with Gasteiger partial charge in [-0.25, -0.2) is 4.98 Å².